The van der Waals surface area contributed by atoms with Gasteiger partial charge in [0.25, 0.3) is 0 Å². The van der Waals surface area contributed by atoms with E-state index in [0.29, 0.717) is 75.3 Å². The molecule has 1 saturated carbocycles. The number of benzene rings is 7. The first-order valence-corrected chi connectivity index (χ1v) is 51.0. The fraction of sp³-hybridized carbons (Fsp3) is 0.525. The van der Waals surface area contributed by atoms with E-state index in [4.69, 9.17) is 28.4 Å². The van der Waals surface area contributed by atoms with E-state index in [-0.39, 0.29) is 104 Å². The molecule has 10 atom stereocenters. The van der Waals surface area contributed by atoms with Gasteiger partial charge in [0.15, 0.2) is 0 Å². The van der Waals surface area contributed by atoms with Crippen molar-refractivity contribution in [2.45, 2.75) is 363 Å². The van der Waals surface area contributed by atoms with Gasteiger partial charge in [-0.15, -0.1) is 0 Å². The number of fused-ring (bicyclic) bond motifs is 10. The van der Waals surface area contributed by atoms with Crippen LogP contribution in [0.5, 0.6) is 57.5 Å². The minimum Gasteiger partial charge on any atom is -0.507 e. The summed E-state index contributed by atoms with van der Waals surface area (Å²) in [6.45, 7) is 49.1. The Balaban J connectivity index is 0.000000164. The normalized spacial score (nSPS) is 21.7. The van der Waals surface area contributed by atoms with E-state index in [1.165, 1.54) is 95.1 Å². The molecule has 0 spiro atoms. The molecule has 0 bridgehead atoms. The maximum absolute atomic E-state index is 13.4. The van der Waals surface area contributed by atoms with Crippen LogP contribution in [0.25, 0.3) is 10.8 Å². The second-order valence-corrected chi connectivity index (χ2v) is 41.9. The van der Waals surface area contributed by atoms with Crippen LogP contribution in [0.2, 0.25) is 0 Å². The number of carboxylic acids is 2. The third kappa shape index (κ3) is 25.3. The minimum absolute atomic E-state index is 0.00490. The first kappa shape index (κ1) is 105. The van der Waals surface area contributed by atoms with Crippen molar-refractivity contribution in [1.29, 1.82) is 0 Å². The Morgan fingerprint density at radius 2 is 0.844 bits per heavy atom. The molecule has 7 aromatic carbocycles. The lowest BCUT2D eigenvalue weighted by Gasteiger charge is -2.48. The quantitative estimate of drug-likeness (QED) is 0.0106. The molecule has 0 unspecified atom stereocenters. The van der Waals surface area contributed by atoms with Crippen LogP contribution in [0, 0.1) is 29.6 Å². The third-order valence-corrected chi connectivity index (χ3v) is 30.3. The number of phenols is 4. The highest BCUT2D eigenvalue weighted by Crippen LogP contribution is 2.60. The monoisotopic (exact) mass is 1840 g/mol. The van der Waals surface area contributed by atoms with Crippen LogP contribution in [0.4, 0.5) is 0 Å². The highest BCUT2D eigenvalue weighted by molar-refractivity contribution is 5.97. The number of carboxylic acid groups (broad SMARTS) is 2. The van der Waals surface area contributed by atoms with Crippen molar-refractivity contribution < 1.29 is 73.4 Å². The van der Waals surface area contributed by atoms with Crippen LogP contribution in [0.15, 0.2) is 174 Å². The van der Waals surface area contributed by atoms with Crippen molar-refractivity contribution in [3.05, 3.63) is 246 Å². The van der Waals surface area contributed by atoms with Gasteiger partial charge in [0, 0.05) is 75.2 Å². The van der Waals surface area contributed by atoms with Crippen LogP contribution < -0.4 is 28.4 Å². The Kier molecular flexibility index (Phi) is 36.6. The van der Waals surface area contributed by atoms with Gasteiger partial charge in [-0.05, 0) is 329 Å². The maximum atomic E-state index is 13.4. The molecule has 1 fully saturated rings. The van der Waals surface area contributed by atoms with Gasteiger partial charge in [-0.2, -0.15) is 0 Å². The van der Waals surface area contributed by atoms with Crippen molar-refractivity contribution in [3.63, 3.8) is 0 Å². The standard InChI is InChI=1S/C32H36O3.C23H34O2.2C22H30O4.C21H30O2/c1-5-6-7-10-22-18-28(34-31(33)25-15-14-23-11-8-9-12-24(23)20-25)30-26-17-21(2)13-16-27(26)32(3,4)35-29(30)19-22;1-7-8-9-10-18-14-21(24-5)23(22(15-18)25-6)20-13-17(4)11-12-19(20)16(2)3;2*1-5-6-7-8-14-12-17-19(20(23)18(14)21(24)25)15-11-13(2)9-10-16(15)22(3,4)26-17;1-5-6-7-8-16-12-19(22)21(20(23)13-16)18-11-15(4)9-10-17(18)14(2)3/h8-9,11-12,14-15,18-20,26-27H,2,5-7,10,13,16-17H2,1,3-4H3;13-15,19-20H,2,7-12H2,1,3-6H3;11-12,15-16,23H,5-10H2,1-4H3,(H,24,25);9,12,15-16,23H,5-8,10-11H2,1-4H3,(H,24,25);11-13,17-18,22-23H,2,5-10H2,1,3-4H3/t26-,27-;19-,20+;2*15-,16-;17-,18+/m10110/s1. The Morgan fingerprint density at radius 1 is 0.430 bits per heavy atom. The number of carbonyl (C=O) groups excluding carboxylic acids is 1. The molecule has 730 valence electrons. The van der Waals surface area contributed by atoms with Gasteiger partial charge in [-0.3, -0.25) is 0 Å². The lowest BCUT2D eigenvalue weighted by Crippen LogP contribution is -2.46. The van der Waals surface area contributed by atoms with E-state index in [1.807, 2.05) is 67.6 Å². The molecule has 0 aromatic heterocycles. The number of allylic oxidation sites excluding steroid dienone is 11. The average Bonchev–Trinajstić information content (AvgIpc) is 0.733. The van der Waals surface area contributed by atoms with Crippen molar-refractivity contribution >= 4 is 28.7 Å². The van der Waals surface area contributed by atoms with Gasteiger partial charge < -0.3 is 59.1 Å². The second-order valence-electron chi connectivity index (χ2n) is 41.9. The number of unbranched alkanes of at least 4 members (excludes halogenated alkanes) is 10. The number of ether oxygens (including phenoxy) is 6. The summed E-state index contributed by atoms with van der Waals surface area (Å²) >= 11 is 0. The van der Waals surface area contributed by atoms with Gasteiger partial charge in [0.2, 0.25) is 0 Å². The summed E-state index contributed by atoms with van der Waals surface area (Å²) in [6.07, 6.45) is 41.0. The average molecular weight is 1840 g/mol. The maximum Gasteiger partial charge on any atom is 0.343 e. The summed E-state index contributed by atoms with van der Waals surface area (Å²) in [7, 11) is 3.53. The van der Waals surface area contributed by atoms with Gasteiger partial charge in [0.05, 0.1) is 19.8 Å². The summed E-state index contributed by atoms with van der Waals surface area (Å²) in [6, 6.07) is 29.9. The SMILES string of the molecule is C=C(C)[C@@H]1CCC(C)=C[C@H]1c1c(O)cc(CCCCC)cc1O.C=C(C)[C@@H]1CCC(C)=C[C@H]1c1c(OC)cc(CCCCC)cc1OC.C=C1CC[C@@H]2[C@@H](C1)c1c(OC(=O)c3ccc4ccccc4c3)cc(CCCCC)cc1OC2(C)C.CCCCCc1cc2c(c(O)c1C(=O)O)[C@@H]1C=C(C)CC[C@H]1C(C)(C)O2.CCCCCc1cc2c(c(O)c1C(=O)O)[C@@H]1CC(C)=CC[C@H]1C(C)(C)O2. The summed E-state index contributed by atoms with van der Waals surface area (Å²) < 4.78 is 37.1. The van der Waals surface area contributed by atoms with Crippen molar-refractivity contribution in [1.82, 2.24) is 0 Å². The van der Waals surface area contributed by atoms with Crippen LogP contribution in [0.3, 0.4) is 0 Å². The summed E-state index contributed by atoms with van der Waals surface area (Å²) in [4.78, 5) is 37.2. The fourth-order valence-electron chi connectivity index (χ4n) is 22.9. The van der Waals surface area contributed by atoms with Crippen molar-refractivity contribution in [2.24, 2.45) is 29.6 Å². The van der Waals surface area contributed by atoms with E-state index in [9.17, 15) is 45.0 Å². The molecule has 0 radical (unpaired) electrons. The van der Waals surface area contributed by atoms with Gasteiger partial charge in [-0.25, -0.2) is 14.4 Å². The zero-order valence-corrected chi connectivity index (χ0v) is 85.1. The molecule has 3 heterocycles. The molecule has 6 N–H and O–H groups in total. The van der Waals surface area contributed by atoms with Crippen LogP contribution >= 0.6 is 0 Å². The number of hydrogen-bond acceptors (Lipinski definition) is 13. The highest BCUT2D eigenvalue weighted by Gasteiger charge is 2.51. The number of esters is 1. The topological polar surface area (TPSA) is 228 Å². The Morgan fingerprint density at radius 3 is 1.34 bits per heavy atom. The molecule has 5 aliphatic carbocycles. The molecule has 7 aromatic rings. The van der Waals surface area contributed by atoms with Crippen LogP contribution in [-0.2, 0) is 32.1 Å². The first-order valence-electron chi connectivity index (χ1n) is 51.0. The molecular formula is C120H160O15. The molecule has 135 heavy (non-hydrogen) atoms. The fourth-order valence-corrected chi connectivity index (χ4v) is 22.9. The molecule has 15 nitrogen and oxygen atoms in total. The molecule has 8 aliphatic rings. The van der Waals surface area contributed by atoms with E-state index < -0.39 is 11.9 Å². The number of aromatic carboxylic acids is 2. The molecule has 0 saturated heterocycles. The van der Waals surface area contributed by atoms with E-state index in [2.05, 4.69) is 185 Å². The Hall–Kier alpha value is -10.4. The molecule has 15 heteroatoms. The molecule has 15 rings (SSSR count). The lowest BCUT2D eigenvalue weighted by atomic mass is 9.65. The number of hydrogen-bond donors (Lipinski definition) is 6. The predicted molar refractivity (Wildman–Crippen MR) is 551 cm³/mol. The lowest BCUT2D eigenvalue weighted by molar-refractivity contribution is -0.000988. The minimum atomic E-state index is -1.06. The number of rotatable bonds is 30. The van der Waals surface area contributed by atoms with Gasteiger partial charge >= 0.3 is 17.9 Å². The van der Waals surface area contributed by atoms with Crippen LogP contribution in [0.1, 0.15) is 401 Å². The van der Waals surface area contributed by atoms with E-state index in [0.717, 1.165) is 186 Å². The van der Waals surface area contributed by atoms with E-state index >= 15 is 0 Å². The summed E-state index contributed by atoms with van der Waals surface area (Å²) in [5.74, 6) is 4.79. The van der Waals surface area contributed by atoms with Crippen LogP contribution in [-0.4, -0.2) is 79.6 Å². The predicted octanol–water partition coefficient (Wildman–Crippen LogP) is 31.6. The third-order valence-electron chi connectivity index (χ3n) is 30.3. The Labute approximate surface area is 808 Å². The largest absolute Gasteiger partial charge is 0.507 e. The summed E-state index contributed by atoms with van der Waals surface area (Å²) in [5, 5.41) is 64.6. The first-order chi connectivity index (χ1) is 64.3. The molecular weight excluding hydrogens is 1680 g/mol. The van der Waals surface area contributed by atoms with Gasteiger partial charge in [-0.1, -0.05) is 212 Å². The zero-order valence-electron chi connectivity index (χ0n) is 85.1. The number of methoxy groups -OCH3 is 2. The summed E-state index contributed by atoms with van der Waals surface area (Å²) in [5.41, 5.74) is 17.8. The Bertz CT molecular complexity index is 5470. The number of carbonyl (C=O) groups is 3. The molecule has 0 amide bonds. The van der Waals surface area contributed by atoms with Crippen molar-refractivity contribution in [3.8, 4) is 57.5 Å². The van der Waals surface area contributed by atoms with Crippen molar-refractivity contribution in [2.75, 3.05) is 14.2 Å². The molecule has 3 aliphatic heterocycles. The smallest absolute Gasteiger partial charge is 0.343 e. The highest BCUT2D eigenvalue weighted by atomic mass is 16.5. The second kappa shape index (κ2) is 47.1. The number of aromatic hydroxyl groups is 4. The number of phenolic OH excluding ortho intramolecular Hbond substituents is 2. The zero-order chi connectivity index (χ0) is 98.1. The number of aryl methyl sites for hydroxylation is 5. The van der Waals surface area contributed by atoms with Gasteiger partial charge in [0.1, 0.15) is 85.4 Å². The van der Waals surface area contributed by atoms with E-state index in [1.54, 1.807) is 14.2 Å².